The summed E-state index contributed by atoms with van der Waals surface area (Å²) in [4.78, 5) is 25.1. The highest BCUT2D eigenvalue weighted by Crippen LogP contribution is 2.66. The summed E-state index contributed by atoms with van der Waals surface area (Å²) in [5.41, 5.74) is 4.47. The van der Waals surface area contributed by atoms with Crippen LogP contribution in [0, 0.1) is 40.4 Å². The Kier molecular flexibility index (Phi) is 10.4. The van der Waals surface area contributed by atoms with E-state index in [9.17, 15) is 27.7 Å². The maximum Gasteiger partial charge on any atom is 0.330 e. The van der Waals surface area contributed by atoms with Crippen LogP contribution < -0.4 is 10.1 Å². The van der Waals surface area contributed by atoms with Crippen molar-refractivity contribution in [3.8, 4) is 5.75 Å². The van der Waals surface area contributed by atoms with E-state index < -0.39 is 34.4 Å². The fraction of sp³-hybridized carbons (Fsp3) is 0.676. The maximum absolute atomic E-state index is 13.1. The number of methoxy groups -OCH3 is 1. The first-order valence-corrected chi connectivity index (χ1v) is 18.6. The molecule has 0 saturated heterocycles. The van der Waals surface area contributed by atoms with Crippen LogP contribution in [0.25, 0.3) is 0 Å². The van der Waals surface area contributed by atoms with Gasteiger partial charge in [0.2, 0.25) is 16.3 Å². The number of nitrogens with one attached hydrogen (secondary N) is 1. The van der Waals surface area contributed by atoms with Gasteiger partial charge in [-0.2, -0.15) is 0 Å². The lowest BCUT2D eigenvalue weighted by molar-refractivity contribution is -0.141. The van der Waals surface area contributed by atoms with Crippen molar-refractivity contribution in [2.75, 3.05) is 7.11 Å². The molecule has 5 rings (SSSR count). The van der Waals surface area contributed by atoms with Crippen molar-refractivity contribution in [2.24, 2.45) is 40.4 Å². The molecule has 1 amide bonds. The van der Waals surface area contributed by atoms with Crippen LogP contribution in [0.3, 0.4) is 0 Å². The maximum atomic E-state index is 13.1. The first-order chi connectivity index (χ1) is 22.1. The molecule has 4 aliphatic carbocycles. The number of carbonyl (C=O) groups excluding carboxylic acids is 1. The topological polar surface area (TPSA) is 142 Å². The molecule has 5 unspecified atom stereocenters. The van der Waals surface area contributed by atoms with Crippen LogP contribution in [-0.4, -0.2) is 43.2 Å². The number of ether oxygens (including phenoxy) is 1. The molecule has 4 aliphatic rings. The van der Waals surface area contributed by atoms with Crippen molar-refractivity contribution in [2.45, 2.75) is 110 Å². The highest BCUT2D eigenvalue weighted by atomic mass is 32.3. The summed E-state index contributed by atoms with van der Waals surface area (Å²) in [7, 11) is -3.15. The normalized spacial score (nSPS) is 32.3. The molecule has 47 heavy (non-hydrogen) atoms. The van der Waals surface area contributed by atoms with Gasteiger partial charge in [0.25, 0.3) is 0 Å². The van der Waals surface area contributed by atoms with E-state index in [1.54, 1.807) is 42.5 Å². The average molecular weight is 671 g/mol. The fourth-order valence-corrected chi connectivity index (χ4v) is 10.6. The summed E-state index contributed by atoms with van der Waals surface area (Å²) < 4.78 is 43.8. The van der Waals surface area contributed by atoms with Crippen molar-refractivity contribution in [3.05, 3.63) is 53.1 Å². The predicted octanol–water partition coefficient (Wildman–Crippen LogP) is 7.11. The van der Waals surface area contributed by atoms with Gasteiger partial charge >= 0.3 is 5.97 Å². The molecule has 260 valence electrons. The standard InChI is InChI=1S/C37H53NO8S/c1-22(24(3)34(39)38-33(35(40)41)25-9-12-27(45-6)13-10-25)7-8-23(2)30-15-16-31-29-14-11-26-21-28(46-47(42,43)44)17-19-36(26,4)32(29)18-20-37(30,31)5/h9-10,12-13,22-23,26,28,30,32-33H,3,7-8,11,14-21H2,1-2,4-6H3,(H,38,39)(H,40,41)(H,42,43,44)/p-1/t22?,23?,26?,28-,30+,32?,33?,36-,37+/m0/s1. The number of fused-ring (bicyclic) bond motifs is 4. The smallest absolute Gasteiger partial charge is 0.330 e. The van der Waals surface area contributed by atoms with E-state index in [1.807, 2.05) is 6.92 Å². The molecular weight excluding hydrogens is 618 g/mol. The summed E-state index contributed by atoms with van der Waals surface area (Å²) in [6, 6.07) is 5.46. The van der Waals surface area contributed by atoms with Crippen LogP contribution in [0.2, 0.25) is 0 Å². The fourth-order valence-electron chi connectivity index (χ4n) is 10.1. The van der Waals surface area contributed by atoms with E-state index in [4.69, 9.17) is 8.92 Å². The number of benzene rings is 1. The van der Waals surface area contributed by atoms with Crippen molar-refractivity contribution in [3.63, 3.8) is 0 Å². The molecule has 0 heterocycles. The molecule has 1 aromatic rings. The number of carbonyl (C=O) groups is 2. The second-order valence-corrected chi connectivity index (χ2v) is 16.3. The molecule has 0 aliphatic heterocycles. The van der Waals surface area contributed by atoms with Crippen LogP contribution in [0.5, 0.6) is 5.75 Å². The Morgan fingerprint density at radius 1 is 1.06 bits per heavy atom. The van der Waals surface area contributed by atoms with Crippen LogP contribution in [0.15, 0.2) is 47.6 Å². The van der Waals surface area contributed by atoms with Gasteiger partial charge < -0.3 is 19.7 Å². The van der Waals surface area contributed by atoms with Crippen LogP contribution in [0.4, 0.5) is 0 Å². The molecule has 9 atom stereocenters. The largest absolute Gasteiger partial charge is 0.726 e. The van der Waals surface area contributed by atoms with E-state index in [2.05, 4.69) is 32.7 Å². The highest BCUT2D eigenvalue weighted by Gasteiger charge is 2.56. The van der Waals surface area contributed by atoms with Crippen molar-refractivity contribution >= 4 is 22.3 Å². The van der Waals surface area contributed by atoms with E-state index in [-0.39, 0.29) is 16.7 Å². The second-order valence-electron chi connectivity index (χ2n) is 15.3. The minimum atomic E-state index is -4.69. The molecule has 0 aromatic heterocycles. The van der Waals surface area contributed by atoms with Gasteiger partial charge in [-0.15, -0.1) is 0 Å². The minimum Gasteiger partial charge on any atom is -0.726 e. The first-order valence-electron chi connectivity index (χ1n) is 17.3. The summed E-state index contributed by atoms with van der Waals surface area (Å²) in [5.74, 6) is 0.853. The van der Waals surface area contributed by atoms with E-state index in [1.165, 1.54) is 6.42 Å². The van der Waals surface area contributed by atoms with Gasteiger partial charge in [-0.3, -0.25) is 8.98 Å². The molecule has 3 saturated carbocycles. The van der Waals surface area contributed by atoms with Crippen molar-refractivity contribution < 1.29 is 36.6 Å². The van der Waals surface area contributed by atoms with E-state index >= 15 is 0 Å². The Balaban J connectivity index is 1.19. The number of hydrogen-bond acceptors (Lipinski definition) is 7. The average Bonchev–Trinajstić information content (AvgIpc) is 3.38. The summed E-state index contributed by atoms with van der Waals surface area (Å²) in [6.07, 6.45) is 10.1. The number of hydrogen-bond donors (Lipinski definition) is 2. The molecule has 0 bridgehead atoms. The van der Waals surface area contributed by atoms with Crippen LogP contribution in [0.1, 0.15) is 110 Å². The molecule has 3 fully saturated rings. The van der Waals surface area contributed by atoms with Crippen molar-refractivity contribution in [1.29, 1.82) is 0 Å². The summed E-state index contributed by atoms with van der Waals surface area (Å²) in [5, 5.41) is 12.5. The zero-order valence-electron chi connectivity index (χ0n) is 28.5. The number of amides is 1. The molecular formula is C37H52NO8S-. The van der Waals surface area contributed by atoms with Crippen LogP contribution in [-0.2, 0) is 24.2 Å². The monoisotopic (exact) mass is 670 g/mol. The quantitative estimate of drug-likeness (QED) is 0.104. The highest BCUT2D eigenvalue weighted by molar-refractivity contribution is 7.80. The van der Waals surface area contributed by atoms with E-state index in [0.717, 1.165) is 51.4 Å². The number of allylic oxidation sites excluding steroid dienone is 2. The lowest BCUT2D eigenvalue weighted by Gasteiger charge is -2.57. The second kappa shape index (κ2) is 13.7. The van der Waals surface area contributed by atoms with Gasteiger partial charge in [-0.25, -0.2) is 13.2 Å². The Morgan fingerprint density at radius 3 is 2.40 bits per heavy atom. The lowest BCUT2D eigenvalue weighted by atomic mass is 9.49. The predicted molar refractivity (Wildman–Crippen MR) is 178 cm³/mol. The third-order valence-electron chi connectivity index (χ3n) is 12.9. The molecule has 0 spiro atoms. The molecule has 10 heteroatoms. The molecule has 0 radical (unpaired) electrons. The Labute approximate surface area is 280 Å². The Morgan fingerprint density at radius 2 is 1.77 bits per heavy atom. The van der Waals surface area contributed by atoms with Crippen LogP contribution >= 0.6 is 0 Å². The number of carboxylic acids is 1. The Hall–Kier alpha value is -2.69. The van der Waals surface area contributed by atoms with Gasteiger partial charge in [-0.05, 0) is 129 Å². The third kappa shape index (κ3) is 7.20. The third-order valence-corrected chi connectivity index (χ3v) is 13.4. The van der Waals surface area contributed by atoms with E-state index in [0.29, 0.717) is 53.4 Å². The molecule has 1 aromatic carbocycles. The lowest BCUT2D eigenvalue weighted by Crippen LogP contribution is -2.48. The number of aliphatic carboxylic acids is 1. The SMILES string of the molecule is C=C(C(=O)NC(C(=O)O)c1ccc(OC)cc1)C(C)CCC(C)[C@H]1CCC2=C3CCC4C[C@@H](OS(=O)(=O)[O-])CC[C@]4(C)C3CC[C@@]21C. The molecule has 9 nitrogen and oxygen atoms in total. The zero-order chi connectivity index (χ0) is 34.3. The number of rotatable bonds is 12. The first kappa shape index (κ1) is 35.6. The minimum absolute atomic E-state index is 0.0866. The number of carboxylic acid groups (broad SMARTS) is 1. The van der Waals surface area contributed by atoms with Gasteiger partial charge in [0.05, 0.1) is 13.2 Å². The van der Waals surface area contributed by atoms with Gasteiger partial charge in [-0.1, -0.05) is 57.6 Å². The summed E-state index contributed by atoms with van der Waals surface area (Å²) in [6.45, 7) is 13.3. The van der Waals surface area contributed by atoms with Gasteiger partial charge in [0, 0.05) is 5.57 Å². The van der Waals surface area contributed by atoms with Gasteiger partial charge in [0.15, 0.2) is 6.04 Å². The molecule has 2 N–H and O–H groups in total. The van der Waals surface area contributed by atoms with Crippen molar-refractivity contribution in [1.82, 2.24) is 5.32 Å². The Bertz CT molecular complexity index is 1500. The zero-order valence-corrected chi connectivity index (χ0v) is 29.4. The van der Waals surface area contributed by atoms with Gasteiger partial charge in [0.1, 0.15) is 5.75 Å². The summed E-state index contributed by atoms with van der Waals surface area (Å²) >= 11 is 0.